The van der Waals surface area contributed by atoms with E-state index < -0.39 is 46.8 Å². The highest BCUT2D eigenvalue weighted by Gasteiger charge is 2.53. The Morgan fingerprint density at radius 1 is 1.23 bits per heavy atom. The number of nitrogens with zero attached hydrogens (tertiary/aromatic N) is 1. The summed E-state index contributed by atoms with van der Waals surface area (Å²) in [6.45, 7) is 6.75. The quantitative estimate of drug-likeness (QED) is 0.752. The van der Waals surface area contributed by atoms with Crippen LogP contribution in [0.2, 0.25) is 0 Å². The van der Waals surface area contributed by atoms with Crippen molar-refractivity contribution in [1.82, 2.24) is 4.72 Å². The van der Waals surface area contributed by atoms with E-state index in [9.17, 15) is 13.2 Å². The molecule has 0 aromatic heterocycles. The number of carbonyl (C=O) groups is 1. The number of halogens is 1. The predicted molar refractivity (Wildman–Crippen MR) is 93.1 cm³/mol. The number of carbonyl (C=O) groups excluding carboxylic acids is 1. The third-order valence-electron chi connectivity index (χ3n) is 4.91. The van der Waals surface area contributed by atoms with Crippen LogP contribution in [0.25, 0.3) is 0 Å². The lowest BCUT2D eigenvalue weighted by atomic mass is 9.78. The minimum atomic E-state index is -4.20. The molecular formula is C15H20BFN2O6S. The summed E-state index contributed by atoms with van der Waals surface area (Å²) in [5.41, 5.74) is -1.73. The molecule has 0 spiro atoms. The molecule has 2 aliphatic heterocycles. The second-order valence-electron chi connectivity index (χ2n) is 7.14. The Hall–Kier alpha value is -1.85. The smallest absolute Gasteiger partial charge is 0.494 e. The first-order chi connectivity index (χ1) is 11.9. The maximum atomic E-state index is 15.3. The zero-order valence-electron chi connectivity index (χ0n) is 15.1. The van der Waals surface area contributed by atoms with Crippen LogP contribution in [0.15, 0.2) is 12.1 Å². The van der Waals surface area contributed by atoms with E-state index in [1.807, 2.05) is 32.4 Å². The first-order valence-corrected chi connectivity index (χ1v) is 9.39. The Balaban J connectivity index is 2.10. The summed E-state index contributed by atoms with van der Waals surface area (Å²) in [5, 5.41) is 0. The molecule has 8 nitrogen and oxygen atoms in total. The minimum Gasteiger partial charge on any atom is -0.494 e. The molecule has 1 aromatic carbocycles. The van der Waals surface area contributed by atoms with Crippen LogP contribution in [0.5, 0.6) is 5.75 Å². The fourth-order valence-electron chi connectivity index (χ4n) is 2.76. The van der Waals surface area contributed by atoms with Crippen molar-refractivity contribution in [3.8, 4) is 5.75 Å². The van der Waals surface area contributed by atoms with Gasteiger partial charge in [-0.3, -0.25) is 4.79 Å². The van der Waals surface area contributed by atoms with Crippen LogP contribution in [0.4, 0.5) is 10.1 Å². The average molecular weight is 386 g/mol. The van der Waals surface area contributed by atoms with Crippen molar-refractivity contribution in [3.05, 3.63) is 17.9 Å². The van der Waals surface area contributed by atoms with E-state index in [2.05, 4.69) is 0 Å². The van der Waals surface area contributed by atoms with Gasteiger partial charge in [-0.15, -0.1) is 0 Å². The first-order valence-electron chi connectivity index (χ1n) is 7.95. The maximum absolute atomic E-state index is 15.3. The lowest BCUT2D eigenvalue weighted by molar-refractivity contribution is -0.117. The number of ether oxygens (including phenoxy) is 1. The summed E-state index contributed by atoms with van der Waals surface area (Å²) >= 11 is 0. The van der Waals surface area contributed by atoms with Gasteiger partial charge in [-0.05, 0) is 33.8 Å². The van der Waals surface area contributed by atoms with E-state index in [1.54, 1.807) is 0 Å². The Labute approximate surface area is 151 Å². The Bertz CT molecular complexity index is 857. The van der Waals surface area contributed by atoms with Crippen LogP contribution >= 0.6 is 0 Å². The Morgan fingerprint density at radius 3 is 2.27 bits per heavy atom. The Morgan fingerprint density at radius 2 is 1.81 bits per heavy atom. The molecule has 0 radical (unpaired) electrons. The molecule has 2 aliphatic rings. The molecule has 1 aromatic rings. The topological polar surface area (TPSA) is 94.2 Å². The number of nitrogens with one attached hydrogen (secondary N) is 1. The van der Waals surface area contributed by atoms with Crippen molar-refractivity contribution in [2.24, 2.45) is 0 Å². The molecule has 2 heterocycles. The second kappa shape index (κ2) is 5.83. The van der Waals surface area contributed by atoms with Gasteiger partial charge in [-0.1, -0.05) is 6.07 Å². The van der Waals surface area contributed by atoms with Crippen LogP contribution in [-0.4, -0.2) is 46.3 Å². The summed E-state index contributed by atoms with van der Waals surface area (Å²) in [5.74, 6) is -1.67. The fourth-order valence-corrected chi connectivity index (χ4v) is 3.92. The van der Waals surface area contributed by atoms with E-state index in [4.69, 9.17) is 14.0 Å². The molecule has 11 heteroatoms. The number of rotatable bonds is 3. The van der Waals surface area contributed by atoms with Gasteiger partial charge in [0.15, 0.2) is 5.82 Å². The summed E-state index contributed by atoms with van der Waals surface area (Å²) in [4.78, 5) is 11.5. The lowest BCUT2D eigenvalue weighted by Crippen LogP contribution is -2.41. The number of methoxy groups -OCH3 is 1. The fraction of sp³-hybridized carbons (Fsp3) is 0.533. The molecule has 0 saturated carbocycles. The van der Waals surface area contributed by atoms with Crippen molar-refractivity contribution in [2.75, 3.05) is 18.0 Å². The van der Waals surface area contributed by atoms with E-state index in [-0.39, 0.29) is 16.9 Å². The molecule has 26 heavy (non-hydrogen) atoms. The van der Waals surface area contributed by atoms with E-state index in [0.29, 0.717) is 4.31 Å². The molecule has 1 N–H and O–H groups in total. The van der Waals surface area contributed by atoms with Gasteiger partial charge in [0, 0.05) is 5.46 Å². The molecule has 0 aliphatic carbocycles. The average Bonchev–Trinajstić information content (AvgIpc) is 2.89. The highest BCUT2D eigenvalue weighted by molar-refractivity contribution is 7.92. The monoisotopic (exact) mass is 386 g/mol. The van der Waals surface area contributed by atoms with Gasteiger partial charge in [0.05, 0.1) is 18.3 Å². The summed E-state index contributed by atoms with van der Waals surface area (Å²) in [7, 11) is -3.94. The normalized spacial score (nSPS) is 23.2. The van der Waals surface area contributed by atoms with Crippen LogP contribution in [-0.2, 0) is 24.3 Å². The van der Waals surface area contributed by atoms with Gasteiger partial charge < -0.3 is 14.0 Å². The number of hydrogen-bond acceptors (Lipinski definition) is 6. The third kappa shape index (κ3) is 2.83. The van der Waals surface area contributed by atoms with Crippen LogP contribution < -0.4 is 19.2 Å². The van der Waals surface area contributed by atoms with Crippen LogP contribution in [0.1, 0.15) is 27.7 Å². The number of anilines is 1. The van der Waals surface area contributed by atoms with Gasteiger partial charge in [0.2, 0.25) is 0 Å². The van der Waals surface area contributed by atoms with Crippen LogP contribution in [0, 0.1) is 5.82 Å². The zero-order valence-corrected chi connectivity index (χ0v) is 15.9. The lowest BCUT2D eigenvalue weighted by Gasteiger charge is -2.32. The molecule has 0 unspecified atom stereocenters. The van der Waals surface area contributed by atoms with Crippen molar-refractivity contribution in [3.63, 3.8) is 0 Å². The zero-order chi connectivity index (χ0) is 19.5. The molecular weight excluding hydrogens is 366 g/mol. The van der Waals surface area contributed by atoms with E-state index in [1.165, 1.54) is 19.2 Å². The van der Waals surface area contributed by atoms with Crippen molar-refractivity contribution in [1.29, 1.82) is 0 Å². The van der Waals surface area contributed by atoms with Gasteiger partial charge in [0.1, 0.15) is 18.0 Å². The van der Waals surface area contributed by atoms with Crippen molar-refractivity contribution in [2.45, 2.75) is 38.9 Å². The van der Waals surface area contributed by atoms with Crippen molar-refractivity contribution >= 4 is 34.4 Å². The number of benzene rings is 1. The molecule has 1 amide bonds. The SMILES string of the molecule is COc1ccc(B2OC(C)(C)C(C)(C)O2)c(F)c1N1CC(=O)NS1(=O)=O. The standard InChI is InChI=1S/C15H20BFN2O6S/c1-14(2)15(3,4)25-16(24-14)9-6-7-10(23-5)13(12(9)17)19-8-11(20)18-26(19,21)22/h6-7H,8H2,1-5H3,(H,18,20). The first kappa shape index (κ1) is 18.9. The molecule has 0 bridgehead atoms. The highest BCUT2D eigenvalue weighted by Crippen LogP contribution is 2.38. The van der Waals surface area contributed by atoms with Crippen molar-refractivity contribution < 1.29 is 31.6 Å². The summed E-state index contributed by atoms with van der Waals surface area (Å²) in [6, 6.07) is 2.83. The number of amides is 1. The maximum Gasteiger partial charge on any atom is 0.497 e. The van der Waals surface area contributed by atoms with Gasteiger partial charge in [-0.2, -0.15) is 8.42 Å². The van der Waals surface area contributed by atoms with E-state index >= 15 is 4.39 Å². The number of hydrogen-bond donors (Lipinski definition) is 1. The highest BCUT2D eigenvalue weighted by atomic mass is 32.2. The van der Waals surface area contributed by atoms with Crippen LogP contribution in [0.3, 0.4) is 0 Å². The molecule has 0 atom stereocenters. The van der Waals surface area contributed by atoms with Gasteiger partial charge in [-0.25, -0.2) is 13.4 Å². The van der Waals surface area contributed by atoms with Gasteiger partial charge in [0.25, 0.3) is 5.91 Å². The molecule has 2 saturated heterocycles. The van der Waals surface area contributed by atoms with E-state index in [0.717, 1.165) is 0 Å². The minimum absolute atomic E-state index is 0.0222. The molecule has 3 rings (SSSR count). The molecule has 2 fully saturated rings. The van der Waals surface area contributed by atoms with Gasteiger partial charge >= 0.3 is 17.3 Å². The summed E-state index contributed by atoms with van der Waals surface area (Å²) < 4.78 is 58.8. The third-order valence-corrected chi connectivity index (χ3v) is 6.28. The predicted octanol–water partition coefficient (Wildman–Crippen LogP) is 0.315. The largest absolute Gasteiger partial charge is 0.497 e. The molecule has 142 valence electrons. The summed E-state index contributed by atoms with van der Waals surface area (Å²) in [6.07, 6.45) is 0. The second-order valence-corrected chi connectivity index (χ2v) is 8.74. The Kier molecular flexibility index (Phi) is 4.24.